The molecule has 1 unspecified atom stereocenters. The zero-order chi connectivity index (χ0) is 22.3. The monoisotopic (exact) mass is 444 g/mol. The van der Waals surface area contributed by atoms with E-state index in [1.54, 1.807) is 16.4 Å². The number of benzene rings is 3. The van der Waals surface area contributed by atoms with Gasteiger partial charge in [0.25, 0.3) is 10.0 Å². The number of sulfonamides is 1. The molecule has 5 rings (SSSR count). The molecule has 5 heteroatoms. The Kier molecular flexibility index (Phi) is 5.19. The first-order valence-electron chi connectivity index (χ1n) is 11.0. The van der Waals surface area contributed by atoms with Crippen molar-refractivity contribution in [3.63, 3.8) is 0 Å². The van der Waals surface area contributed by atoms with Gasteiger partial charge in [-0.1, -0.05) is 78.4 Å². The van der Waals surface area contributed by atoms with Crippen molar-refractivity contribution in [2.24, 2.45) is 0 Å². The van der Waals surface area contributed by atoms with Gasteiger partial charge in [0.15, 0.2) is 0 Å². The van der Waals surface area contributed by atoms with E-state index in [9.17, 15) is 8.42 Å². The molecular weight excluding hydrogens is 416 g/mol. The minimum absolute atomic E-state index is 0.293. The molecule has 1 fully saturated rings. The van der Waals surface area contributed by atoms with Gasteiger partial charge in [0.05, 0.1) is 10.6 Å². The Labute approximate surface area is 190 Å². The van der Waals surface area contributed by atoms with Gasteiger partial charge in [-0.15, -0.1) is 0 Å². The fourth-order valence-electron chi connectivity index (χ4n) is 5.27. The molecule has 0 aromatic heterocycles. The molecule has 0 amide bonds. The molecule has 3 aromatic rings. The summed E-state index contributed by atoms with van der Waals surface area (Å²) in [5.74, 6) is 0. The maximum atomic E-state index is 13.7. The molecule has 4 nitrogen and oxygen atoms in total. The van der Waals surface area contributed by atoms with Crippen LogP contribution < -0.4 is 4.31 Å². The summed E-state index contributed by atoms with van der Waals surface area (Å²) in [4.78, 5) is 2.74. The maximum absolute atomic E-state index is 13.7. The summed E-state index contributed by atoms with van der Waals surface area (Å²) in [7, 11) is -3.65. The number of rotatable bonds is 4. The number of piperidine rings is 1. The van der Waals surface area contributed by atoms with Crippen molar-refractivity contribution in [2.75, 3.05) is 23.9 Å². The Morgan fingerprint density at radius 1 is 0.906 bits per heavy atom. The van der Waals surface area contributed by atoms with Crippen LogP contribution in [0.25, 0.3) is 0 Å². The molecule has 2 heterocycles. The molecule has 1 atom stereocenters. The van der Waals surface area contributed by atoms with Gasteiger partial charge in [0, 0.05) is 31.6 Å². The van der Waals surface area contributed by atoms with E-state index in [0.717, 1.165) is 48.4 Å². The summed E-state index contributed by atoms with van der Waals surface area (Å²) in [5, 5.41) is 0. The molecule has 0 saturated carbocycles. The number of likely N-dealkylation sites (tertiary alicyclic amines) is 1. The average molecular weight is 445 g/mol. The van der Waals surface area contributed by atoms with Crippen LogP contribution in [0.15, 0.2) is 95.9 Å². The minimum Gasteiger partial charge on any atom is -0.294 e. The van der Waals surface area contributed by atoms with Gasteiger partial charge < -0.3 is 0 Å². The first-order valence-corrected chi connectivity index (χ1v) is 12.4. The number of fused-ring (bicyclic) bond motifs is 2. The molecule has 1 spiro atoms. The van der Waals surface area contributed by atoms with Crippen LogP contribution in [-0.2, 0) is 22.0 Å². The minimum atomic E-state index is -3.65. The Bertz CT molecular complexity index is 1250. The van der Waals surface area contributed by atoms with E-state index >= 15 is 0 Å². The zero-order valence-corrected chi connectivity index (χ0v) is 19.2. The Morgan fingerprint density at radius 3 is 2.34 bits per heavy atom. The largest absolute Gasteiger partial charge is 0.294 e. The Balaban J connectivity index is 1.52. The highest BCUT2D eigenvalue weighted by Gasteiger charge is 2.49. The van der Waals surface area contributed by atoms with E-state index in [1.165, 1.54) is 5.56 Å². The van der Waals surface area contributed by atoms with Gasteiger partial charge in [-0.05, 0) is 42.7 Å². The van der Waals surface area contributed by atoms with E-state index in [2.05, 4.69) is 41.8 Å². The molecule has 0 radical (unpaired) electrons. The quantitative estimate of drug-likeness (QED) is 0.537. The van der Waals surface area contributed by atoms with Crippen LogP contribution in [0.2, 0.25) is 0 Å². The van der Waals surface area contributed by atoms with E-state index in [0.29, 0.717) is 11.4 Å². The number of para-hydroxylation sites is 1. The highest BCUT2D eigenvalue weighted by molar-refractivity contribution is 7.92. The molecule has 32 heavy (non-hydrogen) atoms. The lowest BCUT2D eigenvalue weighted by molar-refractivity contribution is 0.185. The first kappa shape index (κ1) is 21.0. The van der Waals surface area contributed by atoms with Crippen molar-refractivity contribution in [3.8, 4) is 0 Å². The lowest BCUT2D eigenvalue weighted by atomic mass is 9.74. The van der Waals surface area contributed by atoms with Crippen LogP contribution >= 0.6 is 0 Å². The molecular formula is C27H28N2O2S. The summed E-state index contributed by atoms with van der Waals surface area (Å²) >= 11 is 0. The van der Waals surface area contributed by atoms with Gasteiger partial charge in [0.2, 0.25) is 0 Å². The molecule has 164 valence electrons. The molecule has 2 aliphatic rings. The third-order valence-corrected chi connectivity index (χ3v) is 8.38. The van der Waals surface area contributed by atoms with E-state index in [-0.39, 0.29) is 5.41 Å². The second-order valence-electron chi connectivity index (χ2n) is 9.18. The molecule has 0 N–H and O–H groups in total. The van der Waals surface area contributed by atoms with E-state index < -0.39 is 10.0 Å². The van der Waals surface area contributed by atoms with E-state index in [1.807, 2.05) is 43.3 Å². The first-order chi connectivity index (χ1) is 15.4. The van der Waals surface area contributed by atoms with Crippen molar-refractivity contribution in [1.29, 1.82) is 0 Å². The lowest BCUT2D eigenvalue weighted by Crippen LogP contribution is -2.49. The second-order valence-corrected chi connectivity index (χ2v) is 11.0. The standard InChI is InChI=1S/C27H28N2O2S/c1-21-12-14-24(15-13-21)32(30,31)29-20-27(25-10-6-7-11-26(25)29)16-22(2)17-28(19-27)18-23-8-4-3-5-9-23/h3-15H,2,16-20H2,1H3. The summed E-state index contributed by atoms with van der Waals surface area (Å²) in [6.45, 7) is 9.21. The molecule has 1 saturated heterocycles. The fraction of sp³-hybridized carbons (Fsp3) is 0.259. The van der Waals surface area contributed by atoms with Gasteiger partial charge in [-0.3, -0.25) is 9.21 Å². The topological polar surface area (TPSA) is 40.6 Å². The summed E-state index contributed by atoms with van der Waals surface area (Å²) in [6.07, 6.45) is 0.801. The molecule has 2 aliphatic heterocycles. The maximum Gasteiger partial charge on any atom is 0.264 e. The predicted octanol–water partition coefficient (Wildman–Crippen LogP) is 4.90. The lowest BCUT2D eigenvalue weighted by Gasteiger charge is -2.42. The third-order valence-electron chi connectivity index (χ3n) is 6.61. The third kappa shape index (κ3) is 3.65. The van der Waals surface area contributed by atoms with Gasteiger partial charge >= 0.3 is 0 Å². The SMILES string of the molecule is C=C1CN(Cc2ccccc2)CC2(C1)CN(S(=O)(=O)c1ccc(C)cc1)c1ccccc12. The van der Waals surface area contributed by atoms with Crippen molar-refractivity contribution in [2.45, 2.75) is 30.2 Å². The molecule has 0 aliphatic carbocycles. The Hall–Kier alpha value is -2.89. The number of anilines is 1. The summed E-state index contributed by atoms with van der Waals surface area (Å²) < 4.78 is 29.0. The van der Waals surface area contributed by atoms with Crippen molar-refractivity contribution >= 4 is 15.7 Å². The number of nitrogens with zero attached hydrogens (tertiary/aromatic N) is 2. The van der Waals surface area contributed by atoms with Crippen LogP contribution in [0.5, 0.6) is 0 Å². The second kappa shape index (κ2) is 7.91. The van der Waals surface area contributed by atoms with Crippen molar-refractivity contribution < 1.29 is 8.42 Å². The predicted molar refractivity (Wildman–Crippen MR) is 129 cm³/mol. The normalized spacial score (nSPS) is 21.2. The van der Waals surface area contributed by atoms with Crippen molar-refractivity contribution in [3.05, 3.63) is 108 Å². The fourth-order valence-corrected chi connectivity index (χ4v) is 6.84. The van der Waals surface area contributed by atoms with Gasteiger partial charge in [-0.2, -0.15) is 0 Å². The van der Waals surface area contributed by atoms with Crippen LogP contribution in [0.1, 0.15) is 23.1 Å². The number of aryl methyl sites for hydroxylation is 1. The van der Waals surface area contributed by atoms with Crippen molar-refractivity contribution in [1.82, 2.24) is 4.90 Å². The highest BCUT2D eigenvalue weighted by Crippen LogP contribution is 2.48. The Morgan fingerprint density at radius 2 is 1.59 bits per heavy atom. The highest BCUT2D eigenvalue weighted by atomic mass is 32.2. The van der Waals surface area contributed by atoms with Crippen LogP contribution in [0.3, 0.4) is 0 Å². The van der Waals surface area contributed by atoms with Crippen LogP contribution in [0.4, 0.5) is 5.69 Å². The summed E-state index contributed by atoms with van der Waals surface area (Å²) in [5.41, 5.74) is 5.06. The molecule has 3 aromatic carbocycles. The summed E-state index contributed by atoms with van der Waals surface area (Å²) in [6, 6.07) is 25.5. The van der Waals surface area contributed by atoms with Gasteiger partial charge in [-0.25, -0.2) is 8.42 Å². The van der Waals surface area contributed by atoms with E-state index in [4.69, 9.17) is 0 Å². The van der Waals surface area contributed by atoms with Crippen LogP contribution in [-0.4, -0.2) is 33.0 Å². The van der Waals surface area contributed by atoms with Gasteiger partial charge in [0.1, 0.15) is 0 Å². The average Bonchev–Trinajstić information content (AvgIpc) is 3.08. The number of hydrogen-bond acceptors (Lipinski definition) is 3. The van der Waals surface area contributed by atoms with Crippen LogP contribution in [0, 0.1) is 6.92 Å². The molecule has 0 bridgehead atoms. The zero-order valence-electron chi connectivity index (χ0n) is 18.4. The smallest absolute Gasteiger partial charge is 0.264 e. The number of hydrogen-bond donors (Lipinski definition) is 0.